The van der Waals surface area contributed by atoms with Crippen LogP contribution in [0.3, 0.4) is 0 Å². The van der Waals surface area contributed by atoms with Crippen LogP contribution < -0.4 is 4.72 Å². The molecule has 0 radical (unpaired) electrons. The van der Waals surface area contributed by atoms with E-state index in [9.17, 15) is 26.7 Å². The standard InChI is InChI=1S/C23H26F3N3O3S/c1-3-7-20-19(22(15-30)29(4-2)27-20)14-16-10-12-17(13-11-16)18-8-5-6-9-21(18)28-33(31,32)23(24,25)26/h5-6,8-13,28,30H,3-4,7,14-15H2,1-2H3. The molecule has 0 bridgehead atoms. The average Bonchev–Trinajstić information content (AvgIpc) is 3.10. The second kappa shape index (κ2) is 9.96. The molecule has 0 saturated heterocycles. The molecule has 3 rings (SSSR count). The summed E-state index contributed by atoms with van der Waals surface area (Å²) in [6.07, 6.45) is 2.26. The summed E-state index contributed by atoms with van der Waals surface area (Å²) in [4.78, 5) is 0. The Labute approximate surface area is 191 Å². The van der Waals surface area contributed by atoms with Gasteiger partial charge in [0.2, 0.25) is 0 Å². The molecule has 1 heterocycles. The number of hydrogen-bond donors (Lipinski definition) is 2. The third kappa shape index (κ3) is 5.39. The summed E-state index contributed by atoms with van der Waals surface area (Å²) in [5.41, 5.74) is -1.02. The van der Waals surface area contributed by atoms with Gasteiger partial charge in [0.25, 0.3) is 0 Å². The lowest BCUT2D eigenvalue weighted by atomic mass is 9.97. The molecule has 178 valence electrons. The number of alkyl halides is 3. The first-order chi connectivity index (χ1) is 15.6. The van der Waals surface area contributed by atoms with E-state index in [-0.39, 0.29) is 12.3 Å². The van der Waals surface area contributed by atoms with E-state index >= 15 is 0 Å². The van der Waals surface area contributed by atoms with Crippen LogP contribution in [0.25, 0.3) is 11.1 Å². The maximum atomic E-state index is 12.8. The molecule has 0 saturated carbocycles. The quantitative estimate of drug-likeness (QED) is 0.457. The Morgan fingerprint density at radius 2 is 1.73 bits per heavy atom. The molecule has 2 aromatic carbocycles. The van der Waals surface area contributed by atoms with Gasteiger partial charge in [-0.1, -0.05) is 55.8 Å². The van der Waals surface area contributed by atoms with Crippen molar-refractivity contribution in [2.24, 2.45) is 0 Å². The van der Waals surface area contributed by atoms with Crippen molar-refractivity contribution in [1.29, 1.82) is 0 Å². The zero-order valence-corrected chi connectivity index (χ0v) is 19.2. The van der Waals surface area contributed by atoms with Crippen LogP contribution in [0, 0.1) is 0 Å². The molecule has 6 nitrogen and oxygen atoms in total. The first kappa shape index (κ1) is 24.8. The van der Waals surface area contributed by atoms with Gasteiger partial charge in [0.05, 0.1) is 23.7 Å². The first-order valence-corrected chi connectivity index (χ1v) is 12.0. The number of sulfonamides is 1. The fraction of sp³-hybridized carbons (Fsp3) is 0.348. The van der Waals surface area contributed by atoms with Gasteiger partial charge in [-0.05, 0) is 30.5 Å². The Kier molecular flexibility index (Phi) is 7.48. The largest absolute Gasteiger partial charge is 0.516 e. The first-order valence-electron chi connectivity index (χ1n) is 10.6. The van der Waals surface area contributed by atoms with E-state index in [1.165, 1.54) is 12.1 Å². The highest BCUT2D eigenvalue weighted by Gasteiger charge is 2.46. The van der Waals surface area contributed by atoms with Crippen LogP contribution in [0.15, 0.2) is 48.5 Å². The minimum atomic E-state index is -5.53. The van der Waals surface area contributed by atoms with E-state index in [1.807, 2.05) is 19.1 Å². The number of anilines is 1. The minimum Gasteiger partial charge on any atom is -0.390 e. The number of aromatic nitrogens is 2. The second-order valence-electron chi connectivity index (χ2n) is 7.57. The Morgan fingerprint density at radius 3 is 2.30 bits per heavy atom. The highest BCUT2D eigenvalue weighted by molar-refractivity contribution is 7.93. The molecule has 0 unspecified atom stereocenters. The van der Waals surface area contributed by atoms with E-state index in [2.05, 4.69) is 12.0 Å². The molecule has 0 aliphatic carbocycles. The molecule has 3 aromatic rings. The molecule has 0 aliphatic heterocycles. The predicted molar refractivity (Wildman–Crippen MR) is 121 cm³/mol. The average molecular weight is 482 g/mol. The zero-order valence-electron chi connectivity index (χ0n) is 18.4. The van der Waals surface area contributed by atoms with E-state index < -0.39 is 15.5 Å². The fourth-order valence-corrected chi connectivity index (χ4v) is 4.29. The van der Waals surface area contributed by atoms with E-state index in [0.29, 0.717) is 24.1 Å². The van der Waals surface area contributed by atoms with Gasteiger partial charge >= 0.3 is 15.5 Å². The topological polar surface area (TPSA) is 84.2 Å². The number of para-hydroxylation sites is 1. The van der Waals surface area contributed by atoms with Crippen LogP contribution in [-0.4, -0.2) is 28.8 Å². The maximum absolute atomic E-state index is 12.8. The van der Waals surface area contributed by atoms with Crippen LogP contribution >= 0.6 is 0 Å². The summed E-state index contributed by atoms with van der Waals surface area (Å²) in [7, 11) is -5.53. The molecule has 10 heteroatoms. The van der Waals surface area contributed by atoms with Gasteiger partial charge in [0.1, 0.15) is 0 Å². The summed E-state index contributed by atoms with van der Waals surface area (Å²) >= 11 is 0. The molecule has 0 amide bonds. The smallest absolute Gasteiger partial charge is 0.390 e. The summed E-state index contributed by atoms with van der Waals surface area (Å²) in [6, 6.07) is 13.1. The summed E-state index contributed by atoms with van der Waals surface area (Å²) in [6.45, 7) is 4.55. The van der Waals surface area contributed by atoms with Gasteiger partial charge in [-0.2, -0.15) is 26.7 Å². The van der Waals surface area contributed by atoms with Crippen molar-refractivity contribution in [3.8, 4) is 11.1 Å². The van der Waals surface area contributed by atoms with E-state index in [1.54, 1.807) is 33.7 Å². The van der Waals surface area contributed by atoms with Crippen LogP contribution in [-0.2, 0) is 36.0 Å². The number of halogens is 3. The van der Waals surface area contributed by atoms with Crippen LogP contribution in [0.2, 0.25) is 0 Å². The molecule has 0 atom stereocenters. The van der Waals surface area contributed by atoms with Crippen molar-refractivity contribution < 1.29 is 26.7 Å². The number of hydrogen-bond acceptors (Lipinski definition) is 4. The highest BCUT2D eigenvalue weighted by Crippen LogP contribution is 2.32. The summed E-state index contributed by atoms with van der Waals surface area (Å²) in [5, 5.41) is 14.5. The monoisotopic (exact) mass is 481 g/mol. The number of aliphatic hydroxyl groups is 1. The second-order valence-corrected chi connectivity index (χ2v) is 9.24. The number of aryl methyl sites for hydroxylation is 2. The Bertz CT molecular complexity index is 1200. The Hall–Kier alpha value is -2.85. The maximum Gasteiger partial charge on any atom is 0.516 e. The fourth-order valence-electron chi connectivity index (χ4n) is 3.70. The highest BCUT2D eigenvalue weighted by atomic mass is 32.2. The van der Waals surface area contributed by atoms with Crippen molar-refractivity contribution in [3.63, 3.8) is 0 Å². The SMILES string of the molecule is CCCc1nn(CC)c(CO)c1Cc1ccc(-c2ccccc2NS(=O)(=O)C(F)(F)F)cc1. The number of aliphatic hydroxyl groups excluding tert-OH is 1. The van der Waals surface area contributed by atoms with E-state index in [4.69, 9.17) is 0 Å². The lowest BCUT2D eigenvalue weighted by Crippen LogP contribution is -2.30. The zero-order chi connectivity index (χ0) is 24.2. The van der Waals surface area contributed by atoms with Crippen molar-refractivity contribution >= 4 is 15.7 Å². The molecule has 1 aromatic heterocycles. The molecule has 33 heavy (non-hydrogen) atoms. The molecule has 0 fully saturated rings. The lowest BCUT2D eigenvalue weighted by molar-refractivity contribution is -0.0429. The van der Waals surface area contributed by atoms with Gasteiger partial charge in [0.15, 0.2) is 0 Å². The third-order valence-electron chi connectivity index (χ3n) is 5.31. The van der Waals surface area contributed by atoms with E-state index in [0.717, 1.165) is 35.4 Å². The lowest BCUT2D eigenvalue weighted by Gasteiger charge is -2.14. The molecule has 2 N–H and O–H groups in total. The summed E-state index contributed by atoms with van der Waals surface area (Å²) < 4.78 is 65.0. The Balaban J connectivity index is 1.91. The van der Waals surface area contributed by atoms with Crippen molar-refractivity contribution in [2.45, 2.75) is 51.8 Å². The molecule has 0 spiro atoms. The van der Waals surface area contributed by atoms with Crippen molar-refractivity contribution in [1.82, 2.24) is 9.78 Å². The third-order valence-corrected chi connectivity index (χ3v) is 6.41. The molecular formula is C23H26F3N3O3S. The number of rotatable bonds is 9. The van der Waals surface area contributed by atoms with Gasteiger partial charge in [-0.25, -0.2) is 0 Å². The van der Waals surface area contributed by atoms with Crippen LogP contribution in [0.5, 0.6) is 0 Å². The van der Waals surface area contributed by atoms with Gasteiger partial charge < -0.3 is 5.11 Å². The predicted octanol–water partition coefficient (Wildman–Crippen LogP) is 4.87. The van der Waals surface area contributed by atoms with Crippen molar-refractivity contribution in [3.05, 3.63) is 71.0 Å². The summed E-state index contributed by atoms with van der Waals surface area (Å²) in [5.74, 6) is 0. The van der Waals surface area contributed by atoms with Crippen LogP contribution in [0.4, 0.5) is 18.9 Å². The minimum absolute atomic E-state index is 0.120. The number of nitrogens with zero attached hydrogens (tertiary/aromatic N) is 2. The van der Waals surface area contributed by atoms with Gasteiger partial charge in [0, 0.05) is 24.1 Å². The number of nitrogens with one attached hydrogen (secondary N) is 1. The van der Waals surface area contributed by atoms with Crippen molar-refractivity contribution in [2.75, 3.05) is 4.72 Å². The number of benzene rings is 2. The molecule has 0 aliphatic rings. The van der Waals surface area contributed by atoms with Gasteiger partial charge in [-0.15, -0.1) is 0 Å². The molecular weight excluding hydrogens is 455 g/mol. The Morgan fingerprint density at radius 1 is 1.06 bits per heavy atom. The normalized spacial score (nSPS) is 12.2. The van der Waals surface area contributed by atoms with Gasteiger partial charge in [-0.3, -0.25) is 9.40 Å². The van der Waals surface area contributed by atoms with Crippen LogP contribution in [0.1, 0.15) is 42.8 Å².